The molecule has 1 aliphatic rings. The monoisotopic (exact) mass is 313 g/mol. The number of nitrogens with zero attached hydrogens (tertiary/aromatic N) is 4. The molecule has 0 saturated carbocycles. The van der Waals surface area contributed by atoms with E-state index in [1.807, 2.05) is 0 Å². The number of hydrogen-bond donors (Lipinski definition) is 3. The zero-order valence-electron chi connectivity index (χ0n) is 11.5. The lowest BCUT2D eigenvalue weighted by Gasteiger charge is -2.24. The quantitative estimate of drug-likeness (QED) is 0.794. The third-order valence-electron chi connectivity index (χ3n) is 3.36. The average Bonchev–Trinajstić information content (AvgIpc) is 3.01. The van der Waals surface area contributed by atoms with Gasteiger partial charge in [-0.3, -0.25) is 5.10 Å². The molecule has 1 fully saturated rings. The Bertz CT molecular complexity index is 620. The Kier molecular flexibility index (Phi) is 3.92. The van der Waals surface area contributed by atoms with Crippen LogP contribution in [0.15, 0.2) is 12.5 Å². The van der Waals surface area contributed by atoms with E-state index in [-0.39, 0.29) is 23.5 Å². The van der Waals surface area contributed by atoms with Crippen LogP contribution in [0.3, 0.4) is 0 Å². The summed E-state index contributed by atoms with van der Waals surface area (Å²) in [5.41, 5.74) is -1.26. The highest BCUT2D eigenvalue weighted by Gasteiger charge is 2.36. The molecule has 10 heteroatoms. The van der Waals surface area contributed by atoms with Gasteiger partial charge in [0.15, 0.2) is 5.82 Å². The minimum atomic E-state index is -4.56. The SMILES string of the molecule is FC(F)(F)c1cnc(NC2CCCNC2)nc1-c1ncn[nH]1. The minimum Gasteiger partial charge on any atom is -0.350 e. The smallest absolute Gasteiger partial charge is 0.350 e. The second kappa shape index (κ2) is 5.87. The Balaban J connectivity index is 1.92. The van der Waals surface area contributed by atoms with Gasteiger partial charge in [-0.05, 0) is 19.4 Å². The van der Waals surface area contributed by atoms with Gasteiger partial charge in [0.25, 0.3) is 0 Å². The van der Waals surface area contributed by atoms with Crippen molar-refractivity contribution in [3.05, 3.63) is 18.1 Å². The molecule has 0 aromatic carbocycles. The predicted molar refractivity (Wildman–Crippen MR) is 71.9 cm³/mol. The topological polar surface area (TPSA) is 91.4 Å². The van der Waals surface area contributed by atoms with E-state index < -0.39 is 11.7 Å². The van der Waals surface area contributed by atoms with Crippen molar-refractivity contribution in [3.8, 4) is 11.5 Å². The molecule has 0 amide bonds. The maximum Gasteiger partial charge on any atom is 0.420 e. The Labute approximate surface area is 123 Å². The van der Waals surface area contributed by atoms with Crippen molar-refractivity contribution >= 4 is 5.95 Å². The number of halogens is 3. The molecule has 22 heavy (non-hydrogen) atoms. The van der Waals surface area contributed by atoms with Crippen molar-refractivity contribution in [1.29, 1.82) is 0 Å². The minimum absolute atomic E-state index is 0.0421. The Hall–Kier alpha value is -2.23. The first kappa shape index (κ1) is 14.7. The number of H-pyrrole nitrogens is 1. The third kappa shape index (κ3) is 3.16. The van der Waals surface area contributed by atoms with Crippen molar-refractivity contribution < 1.29 is 13.2 Å². The highest BCUT2D eigenvalue weighted by molar-refractivity contribution is 5.56. The molecule has 118 valence electrons. The summed E-state index contributed by atoms with van der Waals surface area (Å²) in [7, 11) is 0. The van der Waals surface area contributed by atoms with Crippen LogP contribution < -0.4 is 10.6 Å². The predicted octanol–water partition coefficient (Wildman–Crippen LogP) is 1.44. The summed E-state index contributed by atoms with van der Waals surface area (Å²) >= 11 is 0. The van der Waals surface area contributed by atoms with Crippen LogP contribution in [-0.4, -0.2) is 44.3 Å². The summed E-state index contributed by atoms with van der Waals surface area (Å²) in [4.78, 5) is 11.5. The summed E-state index contributed by atoms with van der Waals surface area (Å²) in [5.74, 6) is 0.104. The fraction of sp³-hybridized carbons (Fsp3) is 0.500. The fourth-order valence-electron chi connectivity index (χ4n) is 2.32. The van der Waals surface area contributed by atoms with Gasteiger partial charge in [-0.15, -0.1) is 0 Å². The Morgan fingerprint density at radius 3 is 2.77 bits per heavy atom. The van der Waals surface area contributed by atoms with Crippen LogP contribution in [0.2, 0.25) is 0 Å². The van der Waals surface area contributed by atoms with Crippen molar-refractivity contribution in [2.45, 2.75) is 25.1 Å². The van der Waals surface area contributed by atoms with E-state index in [1.54, 1.807) is 0 Å². The second-order valence-corrected chi connectivity index (χ2v) is 4.98. The number of piperidine rings is 1. The summed E-state index contributed by atoms with van der Waals surface area (Å²) in [6.45, 7) is 1.66. The lowest BCUT2D eigenvalue weighted by atomic mass is 10.1. The molecule has 3 heterocycles. The van der Waals surface area contributed by atoms with Crippen LogP contribution in [0.25, 0.3) is 11.5 Å². The molecular formula is C12H14F3N7. The molecule has 0 radical (unpaired) electrons. The number of alkyl halides is 3. The van der Waals surface area contributed by atoms with Gasteiger partial charge < -0.3 is 10.6 Å². The highest BCUT2D eigenvalue weighted by atomic mass is 19.4. The molecule has 1 saturated heterocycles. The summed E-state index contributed by atoms with van der Waals surface area (Å²) in [6.07, 6.45) is -0.755. The van der Waals surface area contributed by atoms with Crippen LogP contribution in [-0.2, 0) is 6.18 Å². The number of nitrogens with one attached hydrogen (secondary N) is 3. The molecule has 2 aromatic rings. The molecule has 1 atom stereocenters. The van der Waals surface area contributed by atoms with Gasteiger partial charge in [-0.2, -0.15) is 18.3 Å². The second-order valence-electron chi connectivity index (χ2n) is 4.98. The number of aromatic nitrogens is 5. The summed E-state index contributed by atoms with van der Waals surface area (Å²) in [5, 5.41) is 12.2. The molecule has 3 rings (SSSR count). The van der Waals surface area contributed by atoms with Crippen LogP contribution in [0.1, 0.15) is 18.4 Å². The molecular weight excluding hydrogens is 299 g/mol. The first-order valence-electron chi connectivity index (χ1n) is 6.81. The van der Waals surface area contributed by atoms with Crippen LogP contribution >= 0.6 is 0 Å². The molecule has 1 aliphatic heterocycles. The number of hydrogen-bond acceptors (Lipinski definition) is 6. The maximum atomic E-state index is 13.1. The van der Waals surface area contributed by atoms with E-state index in [2.05, 4.69) is 35.8 Å². The third-order valence-corrected chi connectivity index (χ3v) is 3.36. The molecule has 0 aliphatic carbocycles. The average molecular weight is 313 g/mol. The van der Waals surface area contributed by atoms with Crippen molar-refractivity contribution in [2.75, 3.05) is 18.4 Å². The lowest BCUT2D eigenvalue weighted by molar-refractivity contribution is -0.137. The largest absolute Gasteiger partial charge is 0.420 e. The molecule has 2 aromatic heterocycles. The summed E-state index contributed by atoms with van der Waals surface area (Å²) in [6, 6.07) is 0.0908. The van der Waals surface area contributed by atoms with Crippen molar-refractivity contribution in [3.63, 3.8) is 0 Å². The van der Waals surface area contributed by atoms with E-state index in [4.69, 9.17) is 0 Å². The summed E-state index contributed by atoms with van der Waals surface area (Å²) < 4.78 is 39.2. The standard InChI is InChI=1S/C12H14F3N7/c13-12(14,15)8-5-17-11(20-7-2-1-3-16-4-7)21-9(8)10-18-6-19-22-10/h5-7,16H,1-4H2,(H,17,20,21)(H,18,19,22). The van der Waals surface area contributed by atoms with E-state index in [0.717, 1.165) is 38.5 Å². The maximum absolute atomic E-state index is 13.1. The zero-order valence-corrected chi connectivity index (χ0v) is 11.5. The molecule has 1 unspecified atom stereocenters. The van der Waals surface area contributed by atoms with Gasteiger partial charge in [0.05, 0.1) is 0 Å². The van der Waals surface area contributed by atoms with Gasteiger partial charge in [-0.1, -0.05) is 0 Å². The molecule has 3 N–H and O–H groups in total. The number of aromatic amines is 1. The Morgan fingerprint density at radius 1 is 1.27 bits per heavy atom. The van der Waals surface area contributed by atoms with Gasteiger partial charge >= 0.3 is 6.18 Å². The highest BCUT2D eigenvalue weighted by Crippen LogP contribution is 2.34. The van der Waals surface area contributed by atoms with Crippen LogP contribution in [0.4, 0.5) is 19.1 Å². The van der Waals surface area contributed by atoms with Crippen LogP contribution in [0, 0.1) is 0 Å². The van der Waals surface area contributed by atoms with Gasteiger partial charge in [0.2, 0.25) is 5.95 Å². The van der Waals surface area contributed by atoms with E-state index in [1.165, 1.54) is 0 Å². The number of anilines is 1. The van der Waals surface area contributed by atoms with E-state index in [0.29, 0.717) is 0 Å². The van der Waals surface area contributed by atoms with Gasteiger partial charge in [0, 0.05) is 18.8 Å². The first-order valence-corrected chi connectivity index (χ1v) is 6.81. The first-order chi connectivity index (χ1) is 10.5. The van der Waals surface area contributed by atoms with Gasteiger partial charge in [-0.25, -0.2) is 15.0 Å². The Morgan fingerprint density at radius 2 is 2.14 bits per heavy atom. The van der Waals surface area contributed by atoms with Gasteiger partial charge in [0.1, 0.15) is 17.6 Å². The van der Waals surface area contributed by atoms with E-state index >= 15 is 0 Å². The molecule has 0 spiro atoms. The lowest BCUT2D eigenvalue weighted by Crippen LogP contribution is -2.38. The fourth-order valence-corrected chi connectivity index (χ4v) is 2.32. The zero-order chi connectivity index (χ0) is 15.6. The van der Waals surface area contributed by atoms with Crippen molar-refractivity contribution in [1.82, 2.24) is 30.5 Å². The molecule has 7 nitrogen and oxygen atoms in total. The van der Waals surface area contributed by atoms with Crippen LogP contribution in [0.5, 0.6) is 0 Å². The number of rotatable bonds is 3. The molecule has 0 bridgehead atoms. The normalized spacial score (nSPS) is 19.1. The van der Waals surface area contributed by atoms with E-state index in [9.17, 15) is 13.2 Å². The van der Waals surface area contributed by atoms with Crippen molar-refractivity contribution in [2.24, 2.45) is 0 Å².